The van der Waals surface area contributed by atoms with Crippen molar-refractivity contribution in [3.05, 3.63) is 10.0 Å². The number of carbonyl (C=O) groups excluding carboxylic acids is 2. The van der Waals surface area contributed by atoms with Crippen LogP contribution in [0.1, 0.15) is 35.4 Å². The van der Waals surface area contributed by atoms with Gasteiger partial charge in [-0.05, 0) is 25.7 Å². The number of piperidine rings is 1. The summed E-state index contributed by atoms with van der Waals surface area (Å²) in [7, 11) is 1.33. The van der Waals surface area contributed by atoms with E-state index in [1.54, 1.807) is 0 Å². The van der Waals surface area contributed by atoms with E-state index in [1.807, 2.05) is 0 Å². The summed E-state index contributed by atoms with van der Waals surface area (Å²) in [6, 6.07) is 0.236. The van der Waals surface area contributed by atoms with E-state index < -0.39 is 5.97 Å². The molecule has 8 heteroatoms. The molecule has 1 amide bonds. The van der Waals surface area contributed by atoms with E-state index in [0.717, 1.165) is 43.9 Å². The second-order valence-electron chi connectivity index (χ2n) is 5.65. The van der Waals surface area contributed by atoms with Crippen LogP contribution in [-0.2, 0) is 9.53 Å². The first-order valence-corrected chi connectivity index (χ1v) is 8.58. The van der Waals surface area contributed by atoms with Gasteiger partial charge >= 0.3 is 5.97 Å². The van der Waals surface area contributed by atoms with Gasteiger partial charge in [0.2, 0.25) is 5.91 Å². The van der Waals surface area contributed by atoms with Crippen molar-refractivity contribution in [1.82, 2.24) is 10.3 Å². The predicted molar refractivity (Wildman–Crippen MR) is 84.6 cm³/mol. The summed E-state index contributed by atoms with van der Waals surface area (Å²) in [6.07, 6.45) is 3.81. The molecule has 1 aliphatic heterocycles. The molecular weight excluding hydrogens is 326 g/mol. The first kappa shape index (κ1) is 15.6. The van der Waals surface area contributed by atoms with E-state index in [4.69, 9.17) is 11.6 Å². The van der Waals surface area contributed by atoms with Crippen LogP contribution in [-0.4, -0.2) is 43.1 Å². The van der Waals surface area contributed by atoms with Crippen molar-refractivity contribution in [3.63, 3.8) is 0 Å². The average Bonchev–Trinajstić information content (AvgIpc) is 3.30. The SMILES string of the molecule is COC(=O)c1sc(N2CCC(NC(=O)C3CC3)CC2)nc1Cl. The van der Waals surface area contributed by atoms with Crippen LogP contribution in [0.2, 0.25) is 5.15 Å². The van der Waals surface area contributed by atoms with Gasteiger partial charge in [-0.3, -0.25) is 4.79 Å². The number of hydrogen-bond donors (Lipinski definition) is 1. The summed E-state index contributed by atoms with van der Waals surface area (Å²) >= 11 is 7.24. The molecule has 0 bridgehead atoms. The van der Waals surface area contributed by atoms with Crippen LogP contribution in [0.4, 0.5) is 5.13 Å². The van der Waals surface area contributed by atoms with Crippen molar-refractivity contribution in [1.29, 1.82) is 0 Å². The van der Waals surface area contributed by atoms with Crippen LogP contribution < -0.4 is 10.2 Å². The van der Waals surface area contributed by atoms with Crippen molar-refractivity contribution < 1.29 is 14.3 Å². The lowest BCUT2D eigenvalue weighted by Crippen LogP contribution is -2.45. The van der Waals surface area contributed by atoms with Gasteiger partial charge in [0.1, 0.15) is 0 Å². The highest BCUT2D eigenvalue weighted by Gasteiger charge is 2.32. The number of halogens is 1. The van der Waals surface area contributed by atoms with Gasteiger partial charge in [0.15, 0.2) is 15.2 Å². The number of esters is 1. The Morgan fingerprint density at radius 1 is 1.32 bits per heavy atom. The van der Waals surface area contributed by atoms with Gasteiger partial charge in [0.25, 0.3) is 0 Å². The fraction of sp³-hybridized carbons (Fsp3) is 0.643. The van der Waals surface area contributed by atoms with Gasteiger partial charge in [0.05, 0.1) is 7.11 Å². The number of rotatable bonds is 4. The summed E-state index contributed by atoms with van der Waals surface area (Å²) in [6.45, 7) is 1.58. The van der Waals surface area contributed by atoms with Crippen molar-refractivity contribution in [3.8, 4) is 0 Å². The van der Waals surface area contributed by atoms with Gasteiger partial charge < -0.3 is 15.0 Å². The second-order valence-corrected chi connectivity index (χ2v) is 6.99. The fourth-order valence-electron chi connectivity index (χ4n) is 2.52. The Morgan fingerprint density at radius 2 is 2.00 bits per heavy atom. The van der Waals surface area contributed by atoms with Crippen molar-refractivity contribution in [2.45, 2.75) is 31.7 Å². The predicted octanol–water partition coefficient (Wildman–Crippen LogP) is 2.08. The Balaban J connectivity index is 1.56. The van der Waals surface area contributed by atoms with Gasteiger partial charge in [-0.15, -0.1) is 0 Å². The van der Waals surface area contributed by atoms with E-state index >= 15 is 0 Å². The van der Waals surface area contributed by atoms with E-state index in [-0.39, 0.29) is 23.0 Å². The van der Waals surface area contributed by atoms with Crippen LogP contribution in [0.5, 0.6) is 0 Å². The molecule has 0 unspecified atom stereocenters. The summed E-state index contributed by atoms with van der Waals surface area (Å²) in [5, 5.41) is 4.04. The minimum Gasteiger partial charge on any atom is -0.465 e. The quantitative estimate of drug-likeness (QED) is 0.847. The fourth-order valence-corrected chi connectivity index (χ4v) is 3.78. The zero-order valence-electron chi connectivity index (χ0n) is 12.3. The lowest BCUT2D eigenvalue weighted by Gasteiger charge is -2.32. The molecule has 22 heavy (non-hydrogen) atoms. The van der Waals surface area contributed by atoms with Gasteiger partial charge in [-0.2, -0.15) is 0 Å². The summed E-state index contributed by atoms with van der Waals surface area (Å²) in [5.41, 5.74) is 0. The number of carbonyl (C=O) groups is 2. The Morgan fingerprint density at radius 3 is 2.59 bits per heavy atom. The minimum absolute atomic E-state index is 0.191. The number of thiazole rings is 1. The smallest absolute Gasteiger partial charge is 0.351 e. The van der Waals surface area contributed by atoms with Gasteiger partial charge in [-0.25, -0.2) is 9.78 Å². The Hall–Kier alpha value is -1.34. The van der Waals surface area contributed by atoms with Gasteiger partial charge in [0, 0.05) is 25.0 Å². The number of nitrogens with zero attached hydrogens (tertiary/aromatic N) is 2. The number of amides is 1. The van der Waals surface area contributed by atoms with E-state index in [1.165, 1.54) is 18.4 Å². The number of aromatic nitrogens is 1. The number of hydrogen-bond acceptors (Lipinski definition) is 6. The summed E-state index contributed by atoms with van der Waals surface area (Å²) < 4.78 is 4.69. The third kappa shape index (κ3) is 3.35. The Labute approximate surface area is 137 Å². The van der Waals surface area contributed by atoms with E-state index in [0.29, 0.717) is 4.88 Å². The number of nitrogens with one attached hydrogen (secondary N) is 1. The summed E-state index contributed by atoms with van der Waals surface area (Å²) in [5.74, 6) is -0.0116. The highest BCUT2D eigenvalue weighted by atomic mass is 35.5. The van der Waals surface area contributed by atoms with Crippen molar-refractivity contribution in [2.24, 2.45) is 5.92 Å². The topological polar surface area (TPSA) is 71.5 Å². The minimum atomic E-state index is -0.458. The second kappa shape index (κ2) is 6.42. The third-order valence-electron chi connectivity index (χ3n) is 4.01. The molecule has 1 saturated carbocycles. The van der Waals surface area contributed by atoms with Crippen molar-refractivity contribution >= 4 is 39.9 Å². The number of ether oxygens (including phenoxy) is 1. The molecule has 0 aromatic carbocycles. The molecule has 1 N–H and O–H groups in total. The molecule has 1 aromatic rings. The molecule has 0 atom stereocenters. The maximum absolute atomic E-state index is 11.8. The zero-order chi connectivity index (χ0) is 15.7. The van der Waals surface area contributed by atoms with E-state index in [2.05, 4.69) is 19.9 Å². The van der Waals surface area contributed by atoms with Gasteiger partial charge in [-0.1, -0.05) is 22.9 Å². The lowest BCUT2D eigenvalue weighted by molar-refractivity contribution is -0.123. The molecule has 120 valence electrons. The third-order valence-corrected chi connectivity index (χ3v) is 5.49. The standard InChI is InChI=1S/C14H18ClN3O3S/c1-21-13(20)10-11(15)17-14(22-10)18-6-4-9(5-7-18)16-12(19)8-2-3-8/h8-9H,2-7H2,1H3,(H,16,19). The molecule has 1 aliphatic carbocycles. The Bertz CT molecular complexity index is 580. The highest BCUT2D eigenvalue weighted by molar-refractivity contribution is 7.18. The van der Waals surface area contributed by atoms with Crippen molar-refractivity contribution in [2.75, 3.05) is 25.1 Å². The van der Waals surface area contributed by atoms with Crippen LogP contribution >= 0.6 is 22.9 Å². The molecular formula is C14H18ClN3O3S. The first-order valence-electron chi connectivity index (χ1n) is 7.38. The number of methoxy groups -OCH3 is 1. The largest absolute Gasteiger partial charge is 0.465 e. The number of anilines is 1. The Kier molecular flexibility index (Phi) is 4.54. The molecule has 0 spiro atoms. The highest BCUT2D eigenvalue weighted by Crippen LogP contribution is 2.32. The van der Waals surface area contributed by atoms with Crippen LogP contribution in [0.15, 0.2) is 0 Å². The van der Waals surface area contributed by atoms with Crippen LogP contribution in [0, 0.1) is 5.92 Å². The molecule has 1 saturated heterocycles. The normalized spacial score (nSPS) is 19.1. The lowest BCUT2D eigenvalue weighted by atomic mass is 10.1. The molecule has 0 radical (unpaired) electrons. The molecule has 6 nitrogen and oxygen atoms in total. The van der Waals surface area contributed by atoms with E-state index in [9.17, 15) is 9.59 Å². The maximum atomic E-state index is 11.8. The van der Waals surface area contributed by atoms with Crippen LogP contribution in [0.25, 0.3) is 0 Å². The van der Waals surface area contributed by atoms with Crippen LogP contribution in [0.3, 0.4) is 0 Å². The molecule has 2 heterocycles. The molecule has 3 rings (SSSR count). The summed E-state index contributed by atoms with van der Waals surface area (Å²) in [4.78, 5) is 30.0. The first-order chi connectivity index (χ1) is 10.6. The monoisotopic (exact) mass is 343 g/mol. The average molecular weight is 344 g/mol. The maximum Gasteiger partial charge on any atom is 0.351 e. The molecule has 2 aliphatic rings. The molecule has 2 fully saturated rings. The zero-order valence-corrected chi connectivity index (χ0v) is 13.9. The molecule has 1 aromatic heterocycles.